The van der Waals surface area contributed by atoms with Gasteiger partial charge in [0.2, 0.25) is 11.9 Å². The predicted octanol–water partition coefficient (Wildman–Crippen LogP) is 0.0300. The van der Waals surface area contributed by atoms with E-state index in [2.05, 4.69) is 25.3 Å². The fraction of sp³-hybridized carbons (Fsp3) is 0.500. The van der Waals surface area contributed by atoms with E-state index in [9.17, 15) is 28.5 Å². The number of carbonyl (C=O) groups excluding carboxylic acids is 1. The smallest absolute Gasteiger partial charge is 0.264 e. The fourth-order valence-corrected chi connectivity index (χ4v) is 4.68. The maximum Gasteiger partial charge on any atom is 0.264 e. The molecule has 1 fully saturated rings. The first-order valence-corrected chi connectivity index (χ1v) is 12.7. The molecule has 3 rings (SSSR count). The SMILES string of the molecule is CCCC(=O)N[C@@H]1[C@H](O)[C@H](O)[C@H](CO)O[C@@H]1Nc1ccc(S(=O)(=O)Nc2nc(C)cc(C)n2)cc1. The Bertz CT molecular complexity index is 1110. The van der Waals surface area contributed by atoms with Crippen molar-refractivity contribution < 1.29 is 33.3 Å². The van der Waals surface area contributed by atoms with Crippen LogP contribution < -0.4 is 15.4 Å². The maximum absolute atomic E-state index is 12.7. The molecular formula is C22H31N5O7S. The number of aryl methyl sites for hydroxylation is 2. The molecule has 1 aliphatic heterocycles. The van der Waals surface area contributed by atoms with Gasteiger partial charge in [-0.3, -0.25) is 4.79 Å². The molecule has 1 aromatic carbocycles. The Labute approximate surface area is 203 Å². The standard InChI is InChI=1S/C22H31N5O7S/c1-4-5-17(29)26-18-20(31)19(30)16(11-28)34-21(18)25-14-6-8-15(9-7-14)35(32,33)27-22-23-12(2)10-13(3)24-22/h6-10,16,18-21,25,28,30-31H,4-5,11H2,1-3H3,(H,26,29)(H,23,24,27)/t16-,18+,19+,20-,21-/m0/s1. The third-order valence-corrected chi connectivity index (χ3v) is 6.76. The zero-order chi connectivity index (χ0) is 25.8. The number of sulfonamides is 1. The number of benzene rings is 1. The molecular weight excluding hydrogens is 478 g/mol. The summed E-state index contributed by atoms with van der Waals surface area (Å²) in [5, 5.41) is 35.9. The first-order valence-electron chi connectivity index (χ1n) is 11.2. The highest BCUT2D eigenvalue weighted by Gasteiger charge is 2.45. The van der Waals surface area contributed by atoms with Gasteiger partial charge in [-0.25, -0.2) is 23.1 Å². The van der Waals surface area contributed by atoms with Gasteiger partial charge in [-0.15, -0.1) is 0 Å². The molecule has 0 unspecified atom stereocenters. The van der Waals surface area contributed by atoms with Crippen LogP contribution in [0.1, 0.15) is 31.2 Å². The van der Waals surface area contributed by atoms with Crippen LogP contribution >= 0.6 is 0 Å². The molecule has 0 aliphatic carbocycles. The van der Waals surface area contributed by atoms with Gasteiger partial charge in [-0.2, -0.15) is 0 Å². The van der Waals surface area contributed by atoms with Gasteiger partial charge in [-0.05, 0) is 50.6 Å². The number of ether oxygens (including phenoxy) is 1. The van der Waals surface area contributed by atoms with Crippen molar-refractivity contribution in [2.24, 2.45) is 0 Å². The van der Waals surface area contributed by atoms with Crippen molar-refractivity contribution >= 4 is 27.6 Å². The zero-order valence-corrected chi connectivity index (χ0v) is 20.5. The molecule has 192 valence electrons. The number of aromatic nitrogens is 2. The first-order chi connectivity index (χ1) is 16.5. The van der Waals surface area contributed by atoms with Gasteiger partial charge < -0.3 is 30.7 Å². The second-order valence-corrected chi connectivity index (χ2v) is 10.0. The number of nitrogens with one attached hydrogen (secondary N) is 3. The number of aliphatic hydroxyl groups excluding tert-OH is 3. The third-order valence-electron chi connectivity index (χ3n) is 5.41. The summed E-state index contributed by atoms with van der Waals surface area (Å²) in [5.74, 6) is -0.365. The Balaban J connectivity index is 1.77. The van der Waals surface area contributed by atoms with E-state index in [0.29, 0.717) is 23.5 Å². The summed E-state index contributed by atoms with van der Waals surface area (Å²) in [6, 6.07) is 6.39. The van der Waals surface area contributed by atoms with Crippen molar-refractivity contribution in [3.05, 3.63) is 41.7 Å². The van der Waals surface area contributed by atoms with E-state index in [4.69, 9.17) is 4.74 Å². The lowest BCUT2D eigenvalue weighted by atomic mass is 9.95. The highest BCUT2D eigenvalue weighted by molar-refractivity contribution is 7.92. The lowest BCUT2D eigenvalue weighted by molar-refractivity contribution is -0.188. The number of aliphatic hydroxyl groups is 3. The average Bonchev–Trinajstić information content (AvgIpc) is 2.78. The minimum atomic E-state index is -3.96. The van der Waals surface area contributed by atoms with Gasteiger partial charge in [0, 0.05) is 23.5 Å². The number of anilines is 2. The normalized spacial score (nSPS) is 24.6. The van der Waals surface area contributed by atoms with E-state index < -0.39 is 47.2 Å². The van der Waals surface area contributed by atoms with Crippen LogP contribution in [0.2, 0.25) is 0 Å². The Morgan fingerprint density at radius 3 is 2.29 bits per heavy atom. The highest BCUT2D eigenvalue weighted by Crippen LogP contribution is 2.24. The van der Waals surface area contributed by atoms with Gasteiger partial charge in [-0.1, -0.05) is 6.92 Å². The van der Waals surface area contributed by atoms with Gasteiger partial charge in [0.1, 0.15) is 24.4 Å². The minimum absolute atomic E-state index is 0.0337. The lowest BCUT2D eigenvalue weighted by Gasteiger charge is -2.43. The second kappa shape index (κ2) is 11.3. The van der Waals surface area contributed by atoms with Crippen LogP contribution in [-0.2, 0) is 19.6 Å². The van der Waals surface area contributed by atoms with Crippen molar-refractivity contribution in [2.45, 2.75) is 69.1 Å². The quantitative estimate of drug-likeness (QED) is 0.270. The molecule has 2 aromatic rings. The van der Waals surface area contributed by atoms with E-state index >= 15 is 0 Å². The molecule has 0 spiro atoms. The largest absolute Gasteiger partial charge is 0.394 e. The monoisotopic (exact) mass is 509 g/mol. The Morgan fingerprint density at radius 2 is 1.71 bits per heavy atom. The van der Waals surface area contributed by atoms with Gasteiger partial charge in [0.15, 0.2) is 6.23 Å². The van der Waals surface area contributed by atoms with Crippen molar-refractivity contribution in [1.29, 1.82) is 0 Å². The number of hydrogen-bond donors (Lipinski definition) is 6. The molecule has 35 heavy (non-hydrogen) atoms. The molecule has 13 heteroatoms. The summed E-state index contributed by atoms with van der Waals surface area (Å²) >= 11 is 0. The van der Waals surface area contributed by atoms with Crippen LogP contribution in [0.4, 0.5) is 11.6 Å². The summed E-state index contributed by atoms with van der Waals surface area (Å²) in [6.45, 7) is 4.75. The number of amides is 1. The molecule has 0 radical (unpaired) electrons. The number of nitrogens with zero attached hydrogens (tertiary/aromatic N) is 2. The van der Waals surface area contributed by atoms with Gasteiger partial charge >= 0.3 is 0 Å². The van der Waals surface area contributed by atoms with Crippen molar-refractivity contribution in [3.63, 3.8) is 0 Å². The van der Waals surface area contributed by atoms with Crippen LogP contribution in [-0.4, -0.2) is 76.8 Å². The molecule has 1 saturated heterocycles. The summed E-state index contributed by atoms with van der Waals surface area (Å²) in [5.41, 5.74) is 1.67. The molecule has 12 nitrogen and oxygen atoms in total. The van der Waals surface area contributed by atoms with Crippen LogP contribution in [0, 0.1) is 13.8 Å². The minimum Gasteiger partial charge on any atom is -0.394 e. The molecule has 1 aliphatic rings. The fourth-order valence-electron chi connectivity index (χ4n) is 3.73. The summed E-state index contributed by atoms with van der Waals surface area (Å²) in [4.78, 5) is 20.3. The molecule has 0 bridgehead atoms. The van der Waals surface area contributed by atoms with Crippen molar-refractivity contribution in [1.82, 2.24) is 15.3 Å². The Hall–Kier alpha value is -2.84. The molecule has 6 N–H and O–H groups in total. The second-order valence-electron chi connectivity index (χ2n) is 8.35. The average molecular weight is 510 g/mol. The number of carbonyl (C=O) groups is 1. The Morgan fingerprint density at radius 1 is 1.09 bits per heavy atom. The van der Waals surface area contributed by atoms with E-state index in [-0.39, 0.29) is 23.2 Å². The van der Waals surface area contributed by atoms with Gasteiger partial charge in [0.25, 0.3) is 10.0 Å². The molecule has 1 aromatic heterocycles. The highest BCUT2D eigenvalue weighted by atomic mass is 32.2. The first kappa shape index (κ1) is 26.8. The summed E-state index contributed by atoms with van der Waals surface area (Å²) in [7, 11) is -3.96. The number of hydrogen-bond acceptors (Lipinski definition) is 10. The topological polar surface area (TPSA) is 183 Å². The van der Waals surface area contributed by atoms with Crippen LogP contribution in [0.15, 0.2) is 35.2 Å². The molecule has 1 amide bonds. The molecule has 5 atom stereocenters. The Kier molecular flexibility index (Phi) is 8.61. The van der Waals surface area contributed by atoms with E-state index in [1.807, 2.05) is 6.92 Å². The lowest BCUT2D eigenvalue weighted by Crippen LogP contribution is -2.66. The summed E-state index contributed by atoms with van der Waals surface area (Å²) < 4.78 is 33.5. The van der Waals surface area contributed by atoms with Crippen LogP contribution in [0.25, 0.3) is 0 Å². The third kappa shape index (κ3) is 6.64. The molecule has 0 saturated carbocycles. The van der Waals surface area contributed by atoms with Crippen LogP contribution in [0.3, 0.4) is 0 Å². The zero-order valence-electron chi connectivity index (χ0n) is 19.7. The van der Waals surface area contributed by atoms with E-state index in [1.165, 1.54) is 24.3 Å². The summed E-state index contributed by atoms with van der Waals surface area (Å²) in [6.07, 6.45) is -4.08. The van der Waals surface area contributed by atoms with E-state index in [1.54, 1.807) is 19.9 Å². The molecule has 2 heterocycles. The van der Waals surface area contributed by atoms with Crippen molar-refractivity contribution in [3.8, 4) is 0 Å². The van der Waals surface area contributed by atoms with Crippen molar-refractivity contribution in [2.75, 3.05) is 16.6 Å². The maximum atomic E-state index is 12.7. The number of rotatable bonds is 9. The van der Waals surface area contributed by atoms with Gasteiger partial charge in [0.05, 0.1) is 11.5 Å². The van der Waals surface area contributed by atoms with Crippen LogP contribution in [0.5, 0.6) is 0 Å². The van der Waals surface area contributed by atoms with E-state index in [0.717, 1.165) is 0 Å². The predicted molar refractivity (Wildman–Crippen MR) is 127 cm³/mol.